The van der Waals surface area contributed by atoms with Crippen molar-refractivity contribution < 1.29 is 13.2 Å². The van der Waals surface area contributed by atoms with Crippen LogP contribution >= 0.6 is 0 Å². The molecule has 1 aromatic heterocycles. The van der Waals surface area contributed by atoms with Crippen LogP contribution in [-0.2, 0) is 11.6 Å². The van der Waals surface area contributed by atoms with Crippen LogP contribution < -0.4 is 9.80 Å². The summed E-state index contributed by atoms with van der Waals surface area (Å²) in [6, 6.07) is 16.9. The van der Waals surface area contributed by atoms with E-state index in [1.165, 1.54) is 0 Å². The second-order valence-corrected chi connectivity index (χ2v) is 8.65. The highest BCUT2D eigenvalue weighted by atomic mass is 19.4. The monoisotopic (exact) mass is 426 g/mol. The van der Waals surface area contributed by atoms with Gasteiger partial charge in [-0.25, -0.2) is 9.97 Å². The number of rotatable bonds is 3. The van der Waals surface area contributed by atoms with Gasteiger partial charge in [0, 0.05) is 17.8 Å². The first-order valence-corrected chi connectivity index (χ1v) is 10.3. The lowest BCUT2D eigenvalue weighted by molar-refractivity contribution is -0.144. The summed E-state index contributed by atoms with van der Waals surface area (Å²) in [6.45, 7) is 9.39. The maximum absolute atomic E-state index is 13.7. The molecule has 1 aliphatic rings. The third kappa shape index (κ3) is 3.96. The fourth-order valence-corrected chi connectivity index (χ4v) is 3.76. The van der Waals surface area contributed by atoms with E-state index in [0.29, 0.717) is 30.2 Å². The number of hydrogen-bond donors (Lipinski definition) is 0. The van der Waals surface area contributed by atoms with Gasteiger partial charge in [-0.1, -0.05) is 63.2 Å². The van der Waals surface area contributed by atoms with Crippen molar-refractivity contribution in [1.82, 2.24) is 9.97 Å². The van der Waals surface area contributed by atoms with E-state index in [9.17, 15) is 13.2 Å². The summed E-state index contributed by atoms with van der Waals surface area (Å²) in [4.78, 5) is 11.8. The molecular formula is C24H25F3N4. The normalized spacial score (nSPS) is 14.2. The summed E-state index contributed by atoms with van der Waals surface area (Å²) in [6.07, 6.45) is -4.64. The predicted molar refractivity (Wildman–Crippen MR) is 118 cm³/mol. The minimum Gasteiger partial charge on any atom is -0.349 e. The lowest BCUT2D eigenvalue weighted by Crippen LogP contribution is -2.27. The van der Waals surface area contributed by atoms with Gasteiger partial charge in [0.05, 0.1) is 12.4 Å². The van der Waals surface area contributed by atoms with E-state index in [-0.39, 0.29) is 11.2 Å². The van der Waals surface area contributed by atoms with Gasteiger partial charge in [0.2, 0.25) is 5.82 Å². The highest BCUT2D eigenvalue weighted by molar-refractivity contribution is 5.89. The summed E-state index contributed by atoms with van der Waals surface area (Å²) in [7, 11) is 0. The smallest absolute Gasteiger partial charge is 0.349 e. The van der Waals surface area contributed by atoms with Crippen molar-refractivity contribution in [2.45, 2.75) is 39.3 Å². The Hall–Kier alpha value is -3.09. The first-order valence-electron chi connectivity index (χ1n) is 10.3. The summed E-state index contributed by atoms with van der Waals surface area (Å²) >= 11 is 0. The summed E-state index contributed by atoms with van der Waals surface area (Å²) in [5, 5.41) is 0. The molecule has 0 aliphatic carbocycles. The van der Waals surface area contributed by atoms with Crippen LogP contribution in [-0.4, -0.2) is 23.2 Å². The number of nitrogens with zero attached hydrogens (tertiary/aromatic N) is 4. The van der Waals surface area contributed by atoms with Gasteiger partial charge in [-0.2, -0.15) is 13.2 Å². The Labute approximate surface area is 180 Å². The van der Waals surface area contributed by atoms with Gasteiger partial charge >= 0.3 is 6.18 Å². The van der Waals surface area contributed by atoms with Crippen LogP contribution in [0.4, 0.5) is 30.4 Å². The molecule has 4 rings (SSSR count). The van der Waals surface area contributed by atoms with Crippen LogP contribution in [0, 0.1) is 0 Å². The van der Waals surface area contributed by atoms with E-state index in [2.05, 4.69) is 30.7 Å². The van der Waals surface area contributed by atoms with E-state index >= 15 is 0 Å². The molecule has 2 aromatic carbocycles. The lowest BCUT2D eigenvalue weighted by Gasteiger charge is -2.23. The van der Waals surface area contributed by atoms with Gasteiger partial charge in [-0.05, 0) is 30.0 Å². The number of fused-ring (bicyclic) bond motifs is 1. The molecule has 3 aromatic rings. The molecule has 0 radical (unpaired) electrons. The molecule has 31 heavy (non-hydrogen) atoms. The molecule has 0 amide bonds. The average molecular weight is 426 g/mol. The molecule has 0 spiro atoms. The molecule has 0 bridgehead atoms. The standard InChI is InChI=1S/C24H25F3N4/c1-5-30-15-31(18-13-11-17(12-14-18)23(2,3)4)21-20(30)19(16-9-7-6-8-10-16)28-22(29-21)24(25,26)27/h6-14H,5,15H2,1-4H3. The van der Waals surface area contributed by atoms with Crippen molar-refractivity contribution in [2.24, 2.45) is 0 Å². The largest absolute Gasteiger partial charge is 0.451 e. The van der Waals surface area contributed by atoms with Gasteiger partial charge < -0.3 is 9.80 Å². The van der Waals surface area contributed by atoms with Gasteiger partial charge in [-0.15, -0.1) is 0 Å². The second kappa shape index (κ2) is 7.55. The molecule has 1 aliphatic heterocycles. The topological polar surface area (TPSA) is 32.3 Å². The Bertz CT molecular complexity index is 1070. The molecule has 7 heteroatoms. The van der Waals surface area contributed by atoms with Crippen molar-refractivity contribution >= 4 is 17.2 Å². The fourth-order valence-electron chi connectivity index (χ4n) is 3.76. The van der Waals surface area contributed by atoms with Crippen molar-refractivity contribution in [3.63, 3.8) is 0 Å². The van der Waals surface area contributed by atoms with Crippen LogP contribution in [0.15, 0.2) is 54.6 Å². The molecule has 162 valence electrons. The van der Waals surface area contributed by atoms with E-state index in [1.54, 1.807) is 24.3 Å². The van der Waals surface area contributed by atoms with E-state index < -0.39 is 12.0 Å². The molecule has 0 saturated carbocycles. The van der Waals surface area contributed by atoms with Gasteiger partial charge in [0.1, 0.15) is 5.69 Å². The minimum atomic E-state index is -4.64. The number of anilines is 3. The first-order chi connectivity index (χ1) is 14.6. The Balaban J connectivity index is 1.90. The molecule has 0 unspecified atom stereocenters. The summed E-state index contributed by atoms with van der Waals surface area (Å²) < 4.78 is 41.1. The van der Waals surface area contributed by atoms with Crippen LogP contribution in [0.5, 0.6) is 0 Å². The third-order valence-electron chi connectivity index (χ3n) is 5.48. The number of alkyl halides is 3. The zero-order valence-electron chi connectivity index (χ0n) is 18.0. The zero-order chi connectivity index (χ0) is 22.4. The molecule has 0 atom stereocenters. The molecule has 4 nitrogen and oxygen atoms in total. The molecule has 0 saturated heterocycles. The van der Waals surface area contributed by atoms with Crippen LogP contribution in [0.3, 0.4) is 0 Å². The van der Waals surface area contributed by atoms with Gasteiger partial charge in [0.15, 0.2) is 5.82 Å². The Morgan fingerprint density at radius 1 is 0.903 bits per heavy atom. The van der Waals surface area contributed by atoms with Crippen molar-refractivity contribution in [3.8, 4) is 11.3 Å². The van der Waals surface area contributed by atoms with Crippen LogP contribution in [0.25, 0.3) is 11.3 Å². The molecule has 0 N–H and O–H groups in total. The molecule has 2 heterocycles. The number of aromatic nitrogens is 2. The number of benzene rings is 2. The highest BCUT2D eigenvalue weighted by Gasteiger charge is 2.40. The first kappa shape index (κ1) is 21.2. The second-order valence-electron chi connectivity index (χ2n) is 8.65. The van der Waals surface area contributed by atoms with Crippen molar-refractivity contribution in [2.75, 3.05) is 23.0 Å². The van der Waals surface area contributed by atoms with Crippen LogP contribution in [0.2, 0.25) is 0 Å². The summed E-state index contributed by atoms with van der Waals surface area (Å²) in [5.41, 5.74) is 3.51. The molecular weight excluding hydrogens is 401 g/mol. The van der Waals surface area contributed by atoms with E-state index in [4.69, 9.17) is 0 Å². The van der Waals surface area contributed by atoms with Crippen molar-refractivity contribution in [1.29, 1.82) is 0 Å². The number of halogens is 3. The fraction of sp³-hybridized carbons (Fsp3) is 0.333. The Morgan fingerprint density at radius 3 is 2.10 bits per heavy atom. The minimum absolute atomic E-state index is 0.0109. The van der Waals surface area contributed by atoms with E-state index in [1.807, 2.05) is 47.1 Å². The van der Waals surface area contributed by atoms with Crippen LogP contribution in [0.1, 0.15) is 39.1 Å². The van der Waals surface area contributed by atoms with Gasteiger partial charge in [-0.3, -0.25) is 0 Å². The average Bonchev–Trinajstić information content (AvgIpc) is 3.11. The van der Waals surface area contributed by atoms with Gasteiger partial charge in [0.25, 0.3) is 0 Å². The maximum atomic E-state index is 13.7. The highest BCUT2D eigenvalue weighted by Crippen LogP contribution is 2.46. The Kier molecular flexibility index (Phi) is 5.15. The zero-order valence-corrected chi connectivity index (χ0v) is 18.0. The summed E-state index contributed by atoms with van der Waals surface area (Å²) in [5.74, 6) is -0.842. The Morgan fingerprint density at radius 2 is 1.55 bits per heavy atom. The van der Waals surface area contributed by atoms with E-state index in [0.717, 1.165) is 11.3 Å². The number of hydrogen-bond acceptors (Lipinski definition) is 4. The van der Waals surface area contributed by atoms with Crippen molar-refractivity contribution in [3.05, 3.63) is 66.0 Å². The quantitative estimate of drug-likeness (QED) is 0.485. The SMILES string of the molecule is CCN1CN(c2ccc(C(C)(C)C)cc2)c2nc(C(F)(F)F)nc(-c3ccccc3)c21. The molecule has 0 fully saturated rings. The predicted octanol–water partition coefficient (Wildman–Crippen LogP) is 6.40. The lowest BCUT2D eigenvalue weighted by atomic mass is 9.87. The third-order valence-corrected chi connectivity index (χ3v) is 5.48. The maximum Gasteiger partial charge on any atom is 0.451 e.